The summed E-state index contributed by atoms with van der Waals surface area (Å²) < 4.78 is 68.9. The summed E-state index contributed by atoms with van der Waals surface area (Å²) in [4.78, 5) is 73.3. The van der Waals surface area contributed by atoms with Crippen molar-refractivity contribution in [1.29, 1.82) is 0 Å². The van der Waals surface area contributed by atoms with Gasteiger partial charge in [0.1, 0.15) is 19.3 Å². The highest BCUT2D eigenvalue weighted by Gasteiger charge is 2.30. The van der Waals surface area contributed by atoms with Crippen molar-refractivity contribution in [3.8, 4) is 0 Å². The van der Waals surface area contributed by atoms with Gasteiger partial charge in [-0.3, -0.25) is 37.3 Å². The molecule has 0 fully saturated rings. The van der Waals surface area contributed by atoms with Crippen LogP contribution in [0.5, 0.6) is 0 Å². The maximum Gasteiger partial charge on any atom is 0.472 e. The highest BCUT2D eigenvalue weighted by atomic mass is 31.2. The summed E-state index contributed by atoms with van der Waals surface area (Å²) in [5.74, 6) is -0.528. The number of aliphatic hydroxyl groups excluding tert-OH is 1. The van der Waals surface area contributed by atoms with Gasteiger partial charge in [-0.2, -0.15) is 0 Å². The number of unbranched alkanes of at least 4 members (excludes halogenated alkanes) is 56. The number of rotatable bonds is 86. The van der Waals surface area contributed by atoms with Gasteiger partial charge in [0.15, 0.2) is 12.2 Å². The summed E-state index contributed by atoms with van der Waals surface area (Å²) in [5, 5.41) is 10.7. The van der Waals surface area contributed by atoms with Crippen molar-refractivity contribution < 1.29 is 80.2 Å². The lowest BCUT2D eigenvalue weighted by molar-refractivity contribution is -0.161. The van der Waals surface area contributed by atoms with Crippen LogP contribution in [0.3, 0.4) is 0 Å². The maximum atomic E-state index is 13.2. The first-order chi connectivity index (χ1) is 51.4. The monoisotopic (exact) mass is 1550 g/mol. The quantitative estimate of drug-likeness (QED) is 0.0222. The summed E-state index contributed by atoms with van der Waals surface area (Å²) >= 11 is 0. The van der Waals surface area contributed by atoms with Crippen LogP contribution in [0.4, 0.5) is 0 Å². The third-order valence-corrected chi connectivity index (χ3v) is 22.4. The predicted octanol–water partition coefficient (Wildman–Crippen LogP) is 26.6. The molecule has 0 saturated heterocycles. The van der Waals surface area contributed by atoms with Gasteiger partial charge in [-0.05, 0) is 37.5 Å². The molecule has 0 aromatic rings. The minimum Gasteiger partial charge on any atom is -0.462 e. The molecular formula is C87H170O17P2. The van der Waals surface area contributed by atoms with Crippen LogP contribution in [-0.2, 0) is 65.4 Å². The molecule has 0 spiro atoms. The molecule has 0 aliphatic carbocycles. The number of phosphoric acid groups is 2. The van der Waals surface area contributed by atoms with E-state index in [4.69, 9.17) is 37.0 Å². The lowest BCUT2D eigenvalue weighted by atomic mass is 10.0. The Morgan fingerprint density at radius 1 is 0.255 bits per heavy atom. The van der Waals surface area contributed by atoms with Crippen LogP contribution in [0.15, 0.2) is 0 Å². The number of carbonyl (C=O) groups is 4. The molecule has 3 N–H and O–H groups in total. The van der Waals surface area contributed by atoms with Gasteiger partial charge in [0.2, 0.25) is 0 Å². The Kier molecular flexibility index (Phi) is 76.9. The van der Waals surface area contributed by atoms with E-state index in [0.29, 0.717) is 25.7 Å². The Labute approximate surface area is 651 Å². The summed E-state index contributed by atoms with van der Waals surface area (Å²) in [6, 6.07) is 0. The van der Waals surface area contributed by atoms with Crippen molar-refractivity contribution in [2.75, 3.05) is 39.6 Å². The zero-order valence-electron chi connectivity index (χ0n) is 69.7. The smallest absolute Gasteiger partial charge is 0.462 e. The summed E-state index contributed by atoms with van der Waals surface area (Å²) in [6.45, 7) is 9.71. The second-order valence-corrected chi connectivity index (χ2v) is 35.1. The number of phosphoric ester groups is 2. The van der Waals surface area contributed by atoms with Crippen LogP contribution in [0, 0.1) is 11.8 Å². The van der Waals surface area contributed by atoms with Crippen molar-refractivity contribution in [3.05, 3.63) is 0 Å². The van der Waals surface area contributed by atoms with Gasteiger partial charge in [-0.25, -0.2) is 9.13 Å². The largest absolute Gasteiger partial charge is 0.472 e. The first-order valence-corrected chi connectivity index (χ1v) is 48.0. The first-order valence-electron chi connectivity index (χ1n) is 45.0. The third kappa shape index (κ3) is 80.1. The Hall–Kier alpha value is -1.94. The Bertz CT molecular complexity index is 2030. The van der Waals surface area contributed by atoms with Crippen molar-refractivity contribution in [2.45, 2.75) is 484 Å². The zero-order chi connectivity index (χ0) is 77.8. The maximum absolute atomic E-state index is 13.2. The second kappa shape index (κ2) is 78.3. The van der Waals surface area contributed by atoms with Crippen molar-refractivity contribution in [3.63, 3.8) is 0 Å². The van der Waals surface area contributed by atoms with Gasteiger partial charge in [0, 0.05) is 25.7 Å². The van der Waals surface area contributed by atoms with Crippen LogP contribution in [-0.4, -0.2) is 96.7 Å². The van der Waals surface area contributed by atoms with E-state index >= 15 is 0 Å². The molecule has 0 amide bonds. The first kappa shape index (κ1) is 104. The van der Waals surface area contributed by atoms with Crippen molar-refractivity contribution >= 4 is 39.5 Å². The van der Waals surface area contributed by atoms with Gasteiger partial charge < -0.3 is 33.8 Å². The van der Waals surface area contributed by atoms with E-state index in [9.17, 15) is 43.2 Å². The average Bonchev–Trinajstić information content (AvgIpc) is 0.896. The minimum atomic E-state index is -4.97. The standard InChI is InChI=1S/C87H170O17P2/c1-7-9-11-13-15-17-19-21-22-23-24-28-31-35-39-46-52-58-64-70-85(90)98-75-82(103-86(91)71-65-59-53-47-40-36-32-29-26-25-27-30-34-37-43-49-55-61-67-79(3)4)77-101-105(93,94)99-73-81(88)74-100-106(95,96)102-78-83(104-87(92)72-66-60-54-48-42-41-44-50-56-62-68-80(5)6)76-97-84(89)69-63-57-51-45-38-33-20-18-16-14-12-10-8-2/h79-83,88H,7-78H2,1-6H3,(H,93,94)(H,95,96)/t81-,82-,83-/m1/s1. The van der Waals surface area contributed by atoms with E-state index < -0.39 is 97.5 Å². The van der Waals surface area contributed by atoms with Gasteiger partial charge in [-0.15, -0.1) is 0 Å². The number of esters is 4. The molecule has 0 heterocycles. The Morgan fingerprint density at radius 2 is 0.434 bits per heavy atom. The van der Waals surface area contributed by atoms with Crippen molar-refractivity contribution in [1.82, 2.24) is 0 Å². The molecule has 19 heteroatoms. The summed E-state index contributed by atoms with van der Waals surface area (Å²) in [7, 11) is -9.93. The lowest BCUT2D eigenvalue weighted by Crippen LogP contribution is -2.30. The minimum absolute atomic E-state index is 0.107. The highest BCUT2D eigenvalue weighted by molar-refractivity contribution is 7.47. The molecule has 630 valence electrons. The van der Waals surface area contributed by atoms with E-state index in [-0.39, 0.29) is 25.7 Å². The fourth-order valence-corrected chi connectivity index (χ4v) is 15.2. The molecular weight excluding hydrogens is 1380 g/mol. The predicted molar refractivity (Wildman–Crippen MR) is 437 cm³/mol. The molecule has 0 aromatic heterocycles. The van der Waals surface area contributed by atoms with E-state index in [1.807, 2.05) is 0 Å². The summed E-state index contributed by atoms with van der Waals surface area (Å²) in [5.41, 5.74) is 0. The van der Waals surface area contributed by atoms with Crippen LogP contribution in [0.1, 0.15) is 465 Å². The lowest BCUT2D eigenvalue weighted by Gasteiger charge is -2.21. The van der Waals surface area contributed by atoms with Crippen LogP contribution < -0.4 is 0 Å². The van der Waals surface area contributed by atoms with Crippen LogP contribution >= 0.6 is 15.6 Å². The number of hydrogen-bond acceptors (Lipinski definition) is 15. The SMILES string of the molecule is CCCCCCCCCCCCCCCCCCCCCC(=O)OC[C@H](COP(=O)(O)OC[C@@H](O)COP(=O)(O)OC[C@@H](COC(=O)CCCCCCCCCCCCCCC)OC(=O)CCCCCCCCCCCCC(C)C)OC(=O)CCCCCCCCCCCCCCCCCCCCC(C)C. The molecule has 2 unspecified atom stereocenters. The molecule has 0 bridgehead atoms. The highest BCUT2D eigenvalue weighted by Crippen LogP contribution is 2.45. The fraction of sp³-hybridized carbons (Fsp3) is 0.954. The van der Waals surface area contributed by atoms with Crippen LogP contribution in [0.2, 0.25) is 0 Å². The fourth-order valence-electron chi connectivity index (χ4n) is 13.6. The molecule has 0 aliphatic heterocycles. The molecule has 106 heavy (non-hydrogen) atoms. The zero-order valence-corrected chi connectivity index (χ0v) is 71.5. The number of ether oxygens (including phenoxy) is 4. The average molecular weight is 1550 g/mol. The molecule has 0 rings (SSSR count). The summed E-state index contributed by atoms with van der Waals surface area (Å²) in [6.07, 6.45) is 70.8. The Morgan fingerprint density at radius 3 is 0.642 bits per heavy atom. The van der Waals surface area contributed by atoms with Crippen LogP contribution in [0.25, 0.3) is 0 Å². The van der Waals surface area contributed by atoms with E-state index in [2.05, 4.69) is 41.5 Å². The van der Waals surface area contributed by atoms with E-state index in [1.165, 1.54) is 283 Å². The molecule has 0 aliphatic rings. The van der Waals surface area contributed by atoms with Gasteiger partial charge >= 0.3 is 39.5 Å². The number of carbonyl (C=O) groups excluding carboxylic acids is 4. The normalized spacial score (nSPS) is 13.8. The Balaban J connectivity index is 5.24. The van der Waals surface area contributed by atoms with E-state index in [0.717, 1.165) is 102 Å². The molecule has 5 atom stereocenters. The molecule has 17 nitrogen and oxygen atoms in total. The molecule has 0 radical (unpaired) electrons. The second-order valence-electron chi connectivity index (χ2n) is 32.2. The van der Waals surface area contributed by atoms with E-state index in [1.54, 1.807) is 0 Å². The molecule has 0 saturated carbocycles. The number of hydrogen-bond donors (Lipinski definition) is 3. The van der Waals surface area contributed by atoms with Gasteiger partial charge in [-0.1, -0.05) is 414 Å². The van der Waals surface area contributed by atoms with Crippen molar-refractivity contribution in [2.24, 2.45) is 11.8 Å². The topological polar surface area (TPSA) is 237 Å². The van der Waals surface area contributed by atoms with Gasteiger partial charge in [0.25, 0.3) is 0 Å². The van der Waals surface area contributed by atoms with Gasteiger partial charge in [0.05, 0.1) is 26.4 Å². The molecule has 0 aromatic carbocycles. The number of aliphatic hydroxyl groups is 1. The third-order valence-electron chi connectivity index (χ3n) is 20.5.